The molecule has 0 bridgehead atoms. The average Bonchev–Trinajstić information content (AvgIpc) is 3.06. The number of fused-ring (bicyclic) bond motifs is 3. The number of aromatic nitrogens is 3. The minimum absolute atomic E-state index is 0.358. The van der Waals surface area contributed by atoms with Crippen LogP contribution in [0.1, 0.15) is 35.2 Å². The molecule has 4 nitrogen and oxygen atoms in total. The first kappa shape index (κ1) is 12.1. The SMILES string of the molecule is CNC(c1cnnn1C)C1C2CCc3ccccc3C21. The lowest BCUT2D eigenvalue weighted by atomic mass is 9.92. The molecule has 1 heterocycles. The number of hydrogen-bond donors (Lipinski definition) is 1. The van der Waals surface area contributed by atoms with Gasteiger partial charge in [-0.2, -0.15) is 0 Å². The first-order valence-corrected chi connectivity index (χ1v) is 7.41. The zero-order valence-corrected chi connectivity index (χ0v) is 12.0. The summed E-state index contributed by atoms with van der Waals surface area (Å²) in [5.41, 5.74) is 4.32. The third-order valence-corrected chi connectivity index (χ3v) is 5.15. The molecule has 2 aliphatic carbocycles. The molecule has 2 aliphatic rings. The molecule has 1 saturated carbocycles. The van der Waals surface area contributed by atoms with Gasteiger partial charge >= 0.3 is 0 Å². The molecule has 104 valence electrons. The van der Waals surface area contributed by atoms with Crippen molar-refractivity contribution in [3.8, 4) is 0 Å². The van der Waals surface area contributed by atoms with Crippen LogP contribution in [0.25, 0.3) is 0 Å². The van der Waals surface area contributed by atoms with Gasteiger partial charge in [0, 0.05) is 7.05 Å². The summed E-state index contributed by atoms with van der Waals surface area (Å²) in [6.45, 7) is 0. The van der Waals surface area contributed by atoms with E-state index in [1.54, 1.807) is 11.1 Å². The molecule has 4 unspecified atom stereocenters. The topological polar surface area (TPSA) is 42.7 Å². The molecule has 1 fully saturated rings. The van der Waals surface area contributed by atoms with E-state index >= 15 is 0 Å². The highest BCUT2D eigenvalue weighted by molar-refractivity contribution is 5.40. The molecule has 0 aliphatic heterocycles. The Balaban J connectivity index is 1.67. The summed E-state index contributed by atoms with van der Waals surface area (Å²) in [6.07, 6.45) is 4.45. The number of nitrogens with one attached hydrogen (secondary N) is 1. The molecule has 2 aromatic rings. The van der Waals surface area contributed by atoms with Gasteiger partial charge in [-0.05, 0) is 48.8 Å². The highest BCUT2D eigenvalue weighted by Gasteiger charge is 2.56. The fourth-order valence-corrected chi connectivity index (χ4v) is 4.19. The molecule has 0 saturated heterocycles. The largest absolute Gasteiger partial charge is 0.311 e. The molecule has 0 amide bonds. The predicted octanol–water partition coefficient (Wildman–Crippen LogP) is 2.05. The third kappa shape index (κ3) is 1.64. The number of hydrogen-bond acceptors (Lipinski definition) is 3. The summed E-state index contributed by atoms with van der Waals surface area (Å²) in [6, 6.07) is 9.31. The monoisotopic (exact) mass is 268 g/mol. The highest BCUT2D eigenvalue weighted by atomic mass is 15.4. The Labute approximate surface area is 119 Å². The fourth-order valence-electron chi connectivity index (χ4n) is 4.19. The van der Waals surface area contributed by atoms with Crippen LogP contribution in [-0.4, -0.2) is 22.0 Å². The van der Waals surface area contributed by atoms with E-state index in [0.29, 0.717) is 17.9 Å². The molecule has 20 heavy (non-hydrogen) atoms. The van der Waals surface area contributed by atoms with Crippen molar-refractivity contribution in [3.63, 3.8) is 0 Å². The van der Waals surface area contributed by atoms with Gasteiger partial charge < -0.3 is 5.32 Å². The van der Waals surface area contributed by atoms with Crippen molar-refractivity contribution in [2.45, 2.75) is 24.8 Å². The Hall–Kier alpha value is -1.68. The minimum Gasteiger partial charge on any atom is -0.311 e. The van der Waals surface area contributed by atoms with Crippen LogP contribution in [0, 0.1) is 11.8 Å². The van der Waals surface area contributed by atoms with Crippen molar-refractivity contribution in [2.75, 3.05) is 7.05 Å². The summed E-state index contributed by atoms with van der Waals surface area (Å²) >= 11 is 0. The summed E-state index contributed by atoms with van der Waals surface area (Å²) in [5.74, 6) is 2.21. The van der Waals surface area contributed by atoms with Crippen molar-refractivity contribution in [1.82, 2.24) is 20.3 Å². The maximum Gasteiger partial charge on any atom is 0.0756 e. The molecular weight excluding hydrogens is 248 g/mol. The zero-order chi connectivity index (χ0) is 13.7. The Morgan fingerprint density at radius 2 is 2.20 bits per heavy atom. The van der Waals surface area contributed by atoms with Gasteiger partial charge in [0.05, 0.1) is 17.9 Å². The van der Waals surface area contributed by atoms with Gasteiger partial charge in [0.2, 0.25) is 0 Å². The average molecular weight is 268 g/mol. The van der Waals surface area contributed by atoms with Crippen molar-refractivity contribution in [1.29, 1.82) is 0 Å². The first-order chi connectivity index (χ1) is 9.81. The minimum atomic E-state index is 0.358. The molecule has 4 atom stereocenters. The second-order valence-electron chi connectivity index (χ2n) is 6.05. The van der Waals surface area contributed by atoms with E-state index in [2.05, 4.69) is 39.9 Å². The van der Waals surface area contributed by atoms with Crippen molar-refractivity contribution >= 4 is 0 Å². The van der Waals surface area contributed by atoms with Crippen LogP contribution < -0.4 is 5.32 Å². The normalized spacial score (nSPS) is 28.6. The molecule has 1 aromatic heterocycles. The van der Waals surface area contributed by atoms with Gasteiger partial charge in [-0.3, -0.25) is 4.68 Å². The Kier molecular flexibility index (Phi) is 2.67. The van der Waals surface area contributed by atoms with Crippen molar-refractivity contribution < 1.29 is 0 Å². The number of aryl methyl sites for hydroxylation is 2. The molecule has 0 spiro atoms. The van der Waals surface area contributed by atoms with Gasteiger partial charge in [-0.1, -0.05) is 29.5 Å². The molecule has 1 aromatic carbocycles. The predicted molar refractivity (Wildman–Crippen MR) is 77.3 cm³/mol. The lowest BCUT2D eigenvalue weighted by Crippen LogP contribution is -2.22. The lowest BCUT2D eigenvalue weighted by Gasteiger charge is -2.16. The standard InChI is InChI=1S/C16H20N4/c1-17-16(13-9-18-19-20(13)2)15-12-8-7-10-5-3-4-6-11(10)14(12)15/h3-6,9,12,14-17H,7-8H2,1-2H3. The highest BCUT2D eigenvalue weighted by Crippen LogP contribution is 2.63. The lowest BCUT2D eigenvalue weighted by molar-refractivity contribution is 0.454. The maximum absolute atomic E-state index is 4.08. The number of nitrogens with zero attached hydrogens (tertiary/aromatic N) is 3. The van der Waals surface area contributed by atoms with E-state index < -0.39 is 0 Å². The van der Waals surface area contributed by atoms with Gasteiger partial charge in [0.1, 0.15) is 0 Å². The molecule has 4 heteroatoms. The Bertz CT molecular complexity index is 633. The van der Waals surface area contributed by atoms with Crippen LogP contribution >= 0.6 is 0 Å². The van der Waals surface area contributed by atoms with Crippen molar-refractivity contribution in [2.24, 2.45) is 18.9 Å². The second kappa shape index (κ2) is 4.42. The van der Waals surface area contributed by atoms with Gasteiger partial charge in [-0.15, -0.1) is 5.10 Å². The van der Waals surface area contributed by atoms with E-state index in [1.807, 2.05) is 25.0 Å². The van der Waals surface area contributed by atoms with Crippen LogP contribution in [0.4, 0.5) is 0 Å². The van der Waals surface area contributed by atoms with Crippen LogP contribution in [0.5, 0.6) is 0 Å². The van der Waals surface area contributed by atoms with Crippen LogP contribution in [0.3, 0.4) is 0 Å². The smallest absolute Gasteiger partial charge is 0.0756 e. The van der Waals surface area contributed by atoms with Gasteiger partial charge in [-0.25, -0.2) is 0 Å². The molecule has 4 rings (SSSR count). The molecular formula is C16H20N4. The van der Waals surface area contributed by atoms with Crippen LogP contribution in [-0.2, 0) is 13.5 Å². The quantitative estimate of drug-likeness (QED) is 0.926. The van der Waals surface area contributed by atoms with Crippen molar-refractivity contribution in [3.05, 3.63) is 47.3 Å². The number of rotatable bonds is 3. The summed E-state index contributed by atoms with van der Waals surface area (Å²) in [7, 11) is 4.03. The molecule has 0 radical (unpaired) electrons. The van der Waals surface area contributed by atoms with E-state index in [-0.39, 0.29) is 0 Å². The van der Waals surface area contributed by atoms with E-state index in [1.165, 1.54) is 18.5 Å². The van der Waals surface area contributed by atoms with Gasteiger partial charge in [0.25, 0.3) is 0 Å². The van der Waals surface area contributed by atoms with Gasteiger partial charge in [0.15, 0.2) is 0 Å². The Morgan fingerprint density at radius 1 is 1.35 bits per heavy atom. The third-order valence-electron chi connectivity index (χ3n) is 5.15. The van der Waals surface area contributed by atoms with E-state index in [4.69, 9.17) is 0 Å². The number of benzene rings is 1. The second-order valence-corrected chi connectivity index (χ2v) is 6.05. The first-order valence-electron chi connectivity index (χ1n) is 7.41. The Morgan fingerprint density at radius 3 is 2.95 bits per heavy atom. The zero-order valence-electron chi connectivity index (χ0n) is 12.0. The van der Waals surface area contributed by atoms with Crippen LogP contribution in [0.2, 0.25) is 0 Å². The van der Waals surface area contributed by atoms with E-state index in [9.17, 15) is 0 Å². The summed E-state index contributed by atoms with van der Waals surface area (Å²) in [5, 5.41) is 11.6. The van der Waals surface area contributed by atoms with E-state index in [0.717, 1.165) is 5.92 Å². The summed E-state index contributed by atoms with van der Waals surface area (Å²) in [4.78, 5) is 0. The summed E-state index contributed by atoms with van der Waals surface area (Å²) < 4.78 is 1.90. The maximum atomic E-state index is 4.08. The molecule has 1 N–H and O–H groups in total. The fraction of sp³-hybridized carbons (Fsp3) is 0.500. The van der Waals surface area contributed by atoms with Crippen LogP contribution in [0.15, 0.2) is 30.5 Å².